The first-order valence-electron chi connectivity index (χ1n) is 8.77. The lowest BCUT2D eigenvalue weighted by molar-refractivity contribution is 0.0953. The number of fused-ring (bicyclic) bond motifs is 1. The van der Waals surface area contributed by atoms with Crippen LogP contribution in [0.25, 0.3) is 11.0 Å². The van der Waals surface area contributed by atoms with Crippen LogP contribution in [0.3, 0.4) is 0 Å². The van der Waals surface area contributed by atoms with E-state index >= 15 is 0 Å². The predicted molar refractivity (Wildman–Crippen MR) is 109 cm³/mol. The molecule has 0 saturated heterocycles. The van der Waals surface area contributed by atoms with E-state index in [0.29, 0.717) is 24.7 Å². The maximum Gasteiger partial charge on any atom is 0.327 e. The molecule has 10 heteroatoms. The third-order valence-corrected chi connectivity index (χ3v) is 4.55. The molecular formula is C17H25Cl2N5O3. The normalized spacial score (nSPS) is 14.7. The number of carbonyl (C=O) groups excluding carboxylic acids is 1. The Morgan fingerprint density at radius 1 is 1.07 bits per heavy atom. The fourth-order valence-electron chi connectivity index (χ4n) is 3.21. The predicted octanol–water partition coefficient (Wildman–Crippen LogP) is 1.50. The second-order valence-electron chi connectivity index (χ2n) is 6.43. The Hall–Kier alpha value is -1.90. The zero-order valence-electron chi connectivity index (χ0n) is 14.9. The van der Waals surface area contributed by atoms with Crippen LogP contribution in [0.2, 0.25) is 0 Å². The number of rotatable bonds is 5. The van der Waals surface area contributed by atoms with E-state index in [1.165, 1.54) is 50.8 Å². The van der Waals surface area contributed by atoms with E-state index in [1.54, 1.807) is 0 Å². The van der Waals surface area contributed by atoms with Gasteiger partial charge in [0.25, 0.3) is 11.5 Å². The molecule has 1 aliphatic rings. The second-order valence-corrected chi connectivity index (χ2v) is 6.43. The molecule has 2 aromatic heterocycles. The lowest BCUT2D eigenvalue weighted by Crippen LogP contribution is -2.37. The van der Waals surface area contributed by atoms with Gasteiger partial charge in [0.15, 0.2) is 0 Å². The van der Waals surface area contributed by atoms with Crippen molar-refractivity contribution >= 4 is 41.8 Å². The van der Waals surface area contributed by atoms with E-state index in [4.69, 9.17) is 0 Å². The Bertz CT molecular complexity index is 860. The zero-order chi connectivity index (χ0) is 17.6. The number of nitrogens with zero attached hydrogens (tertiary/aromatic N) is 1. The van der Waals surface area contributed by atoms with Crippen LogP contribution in [0.5, 0.6) is 0 Å². The summed E-state index contributed by atoms with van der Waals surface area (Å²) in [5.41, 5.74) is -0.720. The molecule has 8 nitrogen and oxygen atoms in total. The largest absolute Gasteiger partial charge is 0.351 e. The van der Waals surface area contributed by atoms with Crippen molar-refractivity contribution in [1.29, 1.82) is 0 Å². The molecule has 0 aliphatic heterocycles. The van der Waals surface area contributed by atoms with Crippen molar-refractivity contribution in [3.8, 4) is 0 Å². The first kappa shape index (κ1) is 23.1. The summed E-state index contributed by atoms with van der Waals surface area (Å²) in [7, 11) is 0. The summed E-state index contributed by atoms with van der Waals surface area (Å²) in [6.07, 6.45) is 8.91. The molecule has 27 heavy (non-hydrogen) atoms. The molecule has 3 rings (SSSR count). The van der Waals surface area contributed by atoms with E-state index in [9.17, 15) is 14.4 Å². The highest BCUT2D eigenvalue weighted by molar-refractivity contribution is 5.96. The molecule has 1 amide bonds. The van der Waals surface area contributed by atoms with E-state index < -0.39 is 11.2 Å². The van der Waals surface area contributed by atoms with Crippen molar-refractivity contribution in [3.63, 3.8) is 0 Å². The highest BCUT2D eigenvalue weighted by Crippen LogP contribution is 2.16. The van der Waals surface area contributed by atoms with E-state index in [-0.39, 0.29) is 41.8 Å². The molecule has 0 unspecified atom stereocenters. The van der Waals surface area contributed by atoms with Crippen LogP contribution in [0.4, 0.5) is 0 Å². The minimum atomic E-state index is -0.619. The van der Waals surface area contributed by atoms with Crippen LogP contribution in [0.1, 0.15) is 48.9 Å². The van der Waals surface area contributed by atoms with Gasteiger partial charge in [0.2, 0.25) is 0 Å². The molecule has 1 fully saturated rings. The number of aromatic nitrogens is 3. The quantitative estimate of drug-likeness (QED) is 0.433. The Labute approximate surface area is 168 Å². The van der Waals surface area contributed by atoms with Crippen LogP contribution in [0.15, 0.2) is 21.9 Å². The molecule has 0 atom stereocenters. The lowest BCUT2D eigenvalue weighted by Gasteiger charge is -2.16. The first-order chi connectivity index (χ1) is 12.1. The summed E-state index contributed by atoms with van der Waals surface area (Å²) >= 11 is 0. The Morgan fingerprint density at radius 2 is 1.78 bits per heavy atom. The number of amides is 1. The van der Waals surface area contributed by atoms with Crippen molar-refractivity contribution in [2.45, 2.75) is 44.6 Å². The Morgan fingerprint density at radius 3 is 2.48 bits per heavy atom. The number of hydrogen-bond donors (Lipinski definition) is 4. The molecule has 2 heterocycles. The van der Waals surface area contributed by atoms with Gasteiger partial charge in [0.05, 0.1) is 10.9 Å². The van der Waals surface area contributed by atoms with E-state index in [0.717, 1.165) is 0 Å². The number of nitrogens with one attached hydrogen (secondary N) is 4. The van der Waals surface area contributed by atoms with Gasteiger partial charge in [-0.2, -0.15) is 0 Å². The molecule has 1 aliphatic carbocycles. The number of aromatic amines is 2. The summed E-state index contributed by atoms with van der Waals surface area (Å²) in [6, 6.07) is 1.97. The van der Waals surface area contributed by atoms with E-state index in [1.807, 2.05) is 0 Å². The van der Waals surface area contributed by atoms with Gasteiger partial charge in [-0.25, -0.2) is 9.78 Å². The molecular weight excluding hydrogens is 393 g/mol. The molecule has 2 aromatic rings. The smallest absolute Gasteiger partial charge is 0.327 e. The number of hydrogen-bond acceptors (Lipinski definition) is 5. The fourth-order valence-corrected chi connectivity index (χ4v) is 3.21. The van der Waals surface area contributed by atoms with Gasteiger partial charge in [0, 0.05) is 25.3 Å². The average Bonchev–Trinajstić information content (AvgIpc) is 2.87. The summed E-state index contributed by atoms with van der Waals surface area (Å²) < 4.78 is 0. The minimum Gasteiger partial charge on any atom is -0.351 e. The van der Waals surface area contributed by atoms with Crippen molar-refractivity contribution in [2.75, 3.05) is 13.1 Å². The van der Waals surface area contributed by atoms with Gasteiger partial charge in [-0.15, -0.1) is 24.8 Å². The van der Waals surface area contributed by atoms with Gasteiger partial charge in [-0.3, -0.25) is 19.6 Å². The van der Waals surface area contributed by atoms with Crippen LogP contribution in [-0.4, -0.2) is 40.0 Å². The molecule has 0 bridgehead atoms. The number of pyridine rings is 1. The molecule has 0 aromatic carbocycles. The van der Waals surface area contributed by atoms with Crippen molar-refractivity contribution < 1.29 is 4.79 Å². The number of halogens is 2. The van der Waals surface area contributed by atoms with Gasteiger partial charge < -0.3 is 10.6 Å². The average molecular weight is 418 g/mol. The highest BCUT2D eigenvalue weighted by atomic mass is 35.5. The molecule has 0 spiro atoms. The fraction of sp³-hybridized carbons (Fsp3) is 0.529. The van der Waals surface area contributed by atoms with Crippen LogP contribution < -0.4 is 21.9 Å². The van der Waals surface area contributed by atoms with Crippen LogP contribution in [-0.2, 0) is 0 Å². The second kappa shape index (κ2) is 11.1. The van der Waals surface area contributed by atoms with Gasteiger partial charge in [-0.1, -0.05) is 25.7 Å². The maximum atomic E-state index is 12.2. The number of H-pyrrole nitrogens is 2. The molecule has 1 saturated carbocycles. The maximum absolute atomic E-state index is 12.2. The number of carbonyl (C=O) groups is 1. The van der Waals surface area contributed by atoms with Crippen LogP contribution in [0, 0.1) is 0 Å². The third-order valence-electron chi connectivity index (χ3n) is 4.55. The van der Waals surface area contributed by atoms with Crippen molar-refractivity contribution in [2.24, 2.45) is 0 Å². The monoisotopic (exact) mass is 417 g/mol. The van der Waals surface area contributed by atoms with E-state index in [2.05, 4.69) is 25.6 Å². The van der Waals surface area contributed by atoms with Gasteiger partial charge >= 0.3 is 5.69 Å². The third kappa shape index (κ3) is 6.34. The SMILES string of the molecule is Cl.Cl.O=C(NCCNC1CCCCCC1)c1cnc2[nH]c(=O)[nH]c(=O)c2c1. The first-order valence-corrected chi connectivity index (χ1v) is 8.77. The molecule has 0 radical (unpaired) electrons. The molecule has 150 valence electrons. The summed E-state index contributed by atoms with van der Waals surface area (Å²) in [5.74, 6) is -0.289. The Balaban J connectivity index is 0.00000182. The van der Waals surface area contributed by atoms with Crippen molar-refractivity contribution in [1.82, 2.24) is 25.6 Å². The van der Waals surface area contributed by atoms with Crippen LogP contribution >= 0.6 is 24.8 Å². The van der Waals surface area contributed by atoms with Crippen molar-refractivity contribution in [3.05, 3.63) is 38.7 Å². The summed E-state index contributed by atoms with van der Waals surface area (Å²) in [5, 5.41) is 6.50. The van der Waals surface area contributed by atoms with Gasteiger partial charge in [-0.05, 0) is 18.9 Å². The molecule has 4 N–H and O–H groups in total. The summed E-state index contributed by atoms with van der Waals surface area (Å²) in [6.45, 7) is 1.22. The standard InChI is InChI=1S/C17H23N5O3.2ClH/c23-15(19-8-7-18-12-5-3-1-2-4-6-12)11-9-13-14(20-10-11)21-17(25)22-16(13)24;;/h9-10,12,18H,1-8H2,(H,19,23)(H2,20,21,22,24,25);2*1H. The lowest BCUT2D eigenvalue weighted by atomic mass is 10.1. The zero-order valence-corrected chi connectivity index (χ0v) is 16.5. The highest BCUT2D eigenvalue weighted by Gasteiger charge is 2.12. The Kier molecular flexibility index (Phi) is 9.48. The van der Waals surface area contributed by atoms with Gasteiger partial charge in [0.1, 0.15) is 5.65 Å². The topological polar surface area (TPSA) is 120 Å². The summed E-state index contributed by atoms with van der Waals surface area (Å²) in [4.78, 5) is 43.7. The minimum absolute atomic E-state index is 0.